The summed E-state index contributed by atoms with van der Waals surface area (Å²) in [6.45, 7) is 22.0. The highest BCUT2D eigenvalue weighted by molar-refractivity contribution is 5.92. The average Bonchev–Trinajstić information content (AvgIpc) is 2.76. The Morgan fingerprint density at radius 1 is 0.947 bits per heavy atom. The van der Waals surface area contributed by atoms with Crippen LogP contribution in [0.5, 0.6) is 0 Å². The zero-order valence-corrected chi connectivity index (χ0v) is 25.8. The summed E-state index contributed by atoms with van der Waals surface area (Å²) in [6.07, 6.45) is 3.36. The monoisotopic (exact) mass is 531 g/mol. The van der Waals surface area contributed by atoms with Gasteiger partial charge < -0.3 is 20.3 Å². The lowest BCUT2D eigenvalue weighted by Crippen LogP contribution is -2.59. The second kappa shape index (κ2) is 14.5. The van der Waals surface area contributed by atoms with Gasteiger partial charge >= 0.3 is 6.09 Å². The molecule has 38 heavy (non-hydrogen) atoms. The van der Waals surface area contributed by atoms with Gasteiger partial charge in [-0.05, 0) is 79.2 Å². The van der Waals surface area contributed by atoms with E-state index < -0.39 is 29.3 Å². The van der Waals surface area contributed by atoms with Gasteiger partial charge in [0.05, 0.1) is 0 Å². The maximum absolute atomic E-state index is 14.4. The van der Waals surface area contributed by atoms with Gasteiger partial charge in [0.1, 0.15) is 17.7 Å². The second-order valence-corrected chi connectivity index (χ2v) is 12.5. The molecule has 7 nitrogen and oxygen atoms in total. The van der Waals surface area contributed by atoms with Crippen molar-refractivity contribution in [1.82, 2.24) is 15.5 Å². The van der Waals surface area contributed by atoms with Crippen LogP contribution >= 0.6 is 0 Å². The fourth-order valence-corrected chi connectivity index (χ4v) is 4.52. The molecule has 1 aromatic carbocycles. The van der Waals surface area contributed by atoms with Crippen molar-refractivity contribution in [3.05, 3.63) is 34.9 Å². The Hall–Kier alpha value is -2.57. The Morgan fingerprint density at radius 2 is 1.53 bits per heavy atom. The fourth-order valence-electron chi connectivity index (χ4n) is 4.52. The Kier molecular flexibility index (Phi) is 12.8. The molecule has 0 aromatic heterocycles. The number of carbonyl (C=O) groups excluding carboxylic acids is 3. The van der Waals surface area contributed by atoms with Crippen LogP contribution in [0.3, 0.4) is 0 Å². The standard InChI is InChI=1S/C31H53N3O4/c1-12-14-15-16-32-27(35)26(24-19-22(5)18-23(6)20-24)34(31(10,11)13-2)28(36)25(17-21(3)4)33-29(37)38-30(7,8)9/h18-21,25-26H,12-17H2,1-11H3,(H,32,35)(H,33,37). The number of carbonyl (C=O) groups is 3. The van der Waals surface area contributed by atoms with Crippen LogP contribution in [0.4, 0.5) is 4.79 Å². The van der Waals surface area contributed by atoms with Crippen LogP contribution in [-0.2, 0) is 14.3 Å². The molecule has 0 aliphatic carbocycles. The van der Waals surface area contributed by atoms with Crippen molar-refractivity contribution in [2.75, 3.05) is 6.54 Å². The van der Waals surface area contributed by atoms with E-state index in [1.807, 2.05) is 60.6 Å². The number of hydrogen-bond donors (Lipinski definition) is 2. The van der Waals surface area contributed by atoms with E-state index in [9.17, 15) is 14.4 Å². The van der Waals surface area contributed by atoms with Gasteiger partial charge in [0.2, 0.25) is 11.8 Å². The third-order valence-corrected chi connectivity index (χ3v) is 6.60. The molecule has 0 heterocycles. The van der Waals surface area contributed by atoms with Gasteiger partial charge in [0, 0.05) is 12.1 Å². The number of aryl methyl sites for hydroxylation is 2. The largest absolute Gasteiger partial charge is 0.444 e. The lowest BCUT2D eigenvalue weighted by molar-refractivity contribution is -0.149. The van der Waals surface area contributed by atoms with Crippen LogP contribution in [0.1, 0.15) is 117 Å². The number of alkyl carbamates (subject to hydrolysis) is 1. The molecular weight excluding hydrogens is 478 g/mol. The van der Waals surface area contributed by atoms with E-state index in [0.717, 1.165) is 36.0 Å². The molecule has 7 heteroatoms. The minimum Gasteiger partial charge on any atom is -0.444 e. The van der Waals surface area contributed by atoms with Crippen molar-refractivity contribution in [3.63, 3.8) is 0 Å². The maximum Gasteiger partial charge on any atom is 0.408 e. The van der Waals surface area contributed by atoms with E-state index in [1.165, 1.54) is 0 Å². The molecule has 0 saturated heterocycles. The predicted molar refractivity (Wildman–Crippen MR) is 155 cm³/mol. The summed E-state index contributed by atoms with van der Waals surface area (Å²) in [4.78, 5) is 42.8. The minimum atomic E-state index is -0.840. The van der Waals surface area contributed by atoms with Gasteiger partial charge in [0.25, 0.3) is 0 Å². The van der Waals surface area contributed by atoms with Crippen molar-refractivity contribution < 1.29 is 19.1 Å². The predicted octanol–water partition coefficient (Wildman–Crippen LogP) is 6.61. The molecule has 0 saturated carbocycles. The van der Waals surface area contributed by atoms with E-state index >= 15 is 0 Å². The number of benzene rings is 1. The molecule has 0 radical (unpaired) electrons. The van der Waals surface area contributed by atoms with Gasteiger partial charge in [-0.3, -0.25) is 9.59 Å². The SMILES string of the molecule is CCCCCNC(=O)C(c1cc(C)cc(C)c1)N(C(=O)C(CC(C)C)NC(=O)OC(C)(C)C)C(C)(C)CC. The lowest BCUT2D eigenvalue weighted by atomic mass is 9.90. The molecule has 0 aliphatic rings. The maximum atomic E-state index is 14.4. The number of unbranched alkanes of at least 4 members (excludes halogenated alkanes) is 2. The van der Waals surface area contributed by atoms with Crippen molar-refractivity contribution in [2.24, 2.45) is 5.92 Å². The Labute approximate surface area is 231 Å². The van der Waals surface area contributed by atoms with E-state index in [0.29, 0.717) is 19.4 Å². The van der Waals surface area contributed by atoms with Crippen molar-refractivity contribution in [1.29, 1.82) is 0 Å². The second-order valence-electron chi connectivity index (χ2n) is 12.5. The molecule has 0 aliphatic heterocycles. The summed E-state index contributed by atoms with van der Waals surface area (Å²) < 4.78 is 5.49. The Bertz CT molecular complexity index is 913. The first kappa shape index (κ1) is 33.5. The summed E-state index contributed by atoms with van der Waals surface area (Å²) in [6, 6.07) is 4.34. The third kappa shape index (κ3) is 10.7. The number of nitrogens with one attached hydrogen (secondary N) is 2. The Balaban J connectivity index is 3.64. The van der Waals surface area contributed by atoms with E-state index in [2.05, 4.69) is 23.6 Å². The summed E-state index contributed by atoms with van der Waals surface area (Å²) in [5, 5.41) is 5.92. The normalized spacial score (nSPS) is 13.6. The van der Waals surface area contributed by atoms with Crippen molar-refractivity contribution >= 4 is 17.9 Å². The molecule has 216 valence electrons. The van der Waals surface area contributed by atoms with Crippen LogP contribution < -0.4 is 10.6 Å². The molecule has 0 spiro atoms. The molecule has 3 amide bonds. The summed E-state index contributed by atoms with van der Waals surface area (Å²) in [7, 11) is 0. The average molecular weight is 532 g/mol. The minimum absolute atomic E-state index is 0.132. The Morgan fingerprint density at radius 3 is 2.00 bits per heavy atom. The van der Waals surface area contributed by atoms with Gasteiger partial charge in [-0.1, -0.05) is 69.9 Å². The summed E-state index contributed by atoms with van der Waals surface area (Å²) >= 11 is 0. The quantitative estimate of drug-likeness (QED) is 0.280. The molecule has 2 atom stereocenters. The third-order valence-electron chi connectivity index (χ3n) is 6.60. The first-order chi connectivity index (χ1) is 17.5. The summed E-state index contributed by atoms with van der Waals surface area (Å²) in [5.41, 5.74) is 1.46. The zero-order chi connectivity index (χ0) is 29.3. The number of hydrogen-bond acceptors (Lipinski definition) is 4. The van der Waals surface area contributed by atoms with Crippen molar-refractivity contribution in [3.8, 4) is 0 Å². The molecule has 0 bridgehead atoms. The molecular formula is C31H53N3O4. The highest BCUT2D eigenvalue weighted by Gasteiger charge is 2.43. The topological polar surface area (TPSA) is 87.7 Å². The smallest absolute Gasteiger partial charge is 0.408 e. The lowest BCUT2D eigenvalue weighted by Gasteiger charge is -2.45. The number of rotatable bonds is 13. The van der Waals surface area contributed by atoms with Crippen LogP contribution in [-0.4, -0.2) is 46.5 Å². The van der Waals surface area contributed by atoms with Gasteiger partial charge in [-0.2, -0.15) is 0 Å². The highest BCUT2D eigenvalue weighted by atomic mass is 16.6. The van der Waals surface area contributed by atoms with Gasteiger partial charge in [-0.25, -0.2) is 4.79 Å². The molecule has 1 aromatic rings. The fraction of sp³-hybridized carbons (Fsp3) is 0.710. The summed E-state index contributed by atoms with van der Waals surface area (Å²) in [5.74, 6) is -0.362. The van der Waals surface area contributed by atoms with E-state index in [4.69, 9.17) is 4.74 Å². The number of amides is 3. The first-order valence-corrected chi connectivity index (χ1v) is 14.2. The van der Waals surface area contributed by atoms with Gasteiger partial charge in [0.15, 0.2) is 0 Å². The van der Waals surface area contributed by atoms with Crippen molar-refractivity contribution in [2.45, 2.75) is 131 Å². The van der Waals surface area contributed by atoms with Gasteiger partial charge in [-0.15, -0.1) is 0 Å². The highest BCUT2D eigenvalue weighted by Crippen LogP contribution is 2.33. The van der Waals surface area contributed by atoms with E-state index in [-0.39, 0.29) is 17.7 Å². The molecule has 2 unspecified atom stereocenters. The molecule has 1 rings (SSSR count). The van der Waals surface area contributed by atoms with Crippen LogP contribution in [0, 0.1) is 19.8 Å². The number of nitrogens with zero attached hydrogens (tertiary/aromatic N) is 1. The van der Waals surface area contributed by atoms with Crippen LogP contribution in [0.15, 0.2) is 18.2 Å². The molecule has 0 fully saturated rings. The first-order valence-electron chi connectivity index (χ1n) is 14.2. The zero-order valence-electron chi connectivity index (χ0n) is 25.8. The van der Waals surface area contributed by atoms with Crippen LogP contribution in [0.25, 0.3) is 0 Å². The molecule has 2 N–H and O–H groups in total. The van der Waals surface area contributed by atoms with Crippen LogP contribution in [0.2, 0.25) is 0 Å². The number of ether oxygens (including phenoxy) is 1. The van der Waals surface area contributed by atoms with E-state index in [1.54, 1.807) is 25.7 Å².